The van der Waals surface area contributed by atoms with Gasteiger partial charge in [-0.25, -0.2) is 0 Å². The van der Waals surface area contributed by atoms with Crippen LogP contribution in [-0.2, 0) is 28.6 Å². The fourth-order valence-corrected chi connectivity index (χ4v) is 10.9. The molecule has 0 radical (unpaired) electrons. The third-order valence-electron chi connectivity index (χ3n) is 16.3. The van der Waals surface area contributed by atoms with Crippen LogP contribution >= 0.6 is 0 Å². The van der Waals surface area contributed by atoms with E-state index in [0.717, 1.165) is 77.0 Å². The van der Waals surface area contributed by atoms with Gasteiger partial charge in [-0.05, 0) is 83.5 Å². The number of hydrogen-bond donors (Lipinski definition) is 0. The van der Waals surface area contributed by atoms with E-state index in [4.69, 9.17) is 14.2 Å². The van der Waals surface area contributed by atoms with Crippen molar-refractivity contribution in [2.24, 2.45) is 0 Å². The van der Waals surface area contributed by atoms with Crippen LogP contribution in [0.15, 0.2) is 48.6 Å². The second-order valence-corrected chi connectivity index (χ2v) is 24.5. The second-order valence-electron chi connectivity index (χ2n) is 24.5. The average molecular weight is 1140 g/mol. The Kier molecular flexibility index (Phi) is 67.6. The molecule has 1 atom stereocenters. The minimum atomic E-state index is -0.776. The number of ether oxygens (including phenoxy) is 3. The summed E-state index contributed by atoms with van der Waals surface area (Å²) in [5, 5.41) is 0. The first kappa shape index (κ1) is 78.4. The van der Waals surface area contributed by atoms with E-state index in [1.54, 1.807) is 0 Å². The van der Waals surface area contributed by atoms with Crippen LogP contribution in [0.2, 0.25) is 0 Å². The van der Waals surface area contributed by atoms with E-state index >= 15 is 0 Å². The Morgan fingerprint density at radius 3 is 0.691 bits per heavy atom. The summed E-state index contributed by atoms with van der Waals surface area (Å²) in [6.45, 7) is 6.68. The first-order valence-corrected chi connectivity index (χ1v) is 36.1. The lowest BCUT2D eigenvalue weighted by Gasteiger charge is -2.18. The maximum atomic E-state index is 12.9. The molecule has 6 heteroatoms. The molecule has 0 N–H and O–H groups in total. The van der Waals surface area contributed by atoms with Crippen molar-refractivity contribution in [3.8, 4) is 0 Å². The predicted molar refractivity (Wildman–Crippen MR) is 353 cm³/mol. The van der Waals surface area contributed by atoms with Gasteiger partial charge < -0.3 is 14.2 Å². The Balaban J connectivity index is 4.23. The van der Waals surface area contributed by atoms with Crippen LogP contribution in [-0.4, -0.2) is 37.2 Å². The Hall–Kier alpha value is -2.63. The maximum Gasteiger partial charge on any atom is 0.306 e. The van der Waals surface area contributed by atoms with Gasteiger partial charge in [0.1, 0.15) is 13.2 Å². The molecule has 0 aliphatic carbocycles. The molecule has 0 aromatic rings. The van der Waals surface area contributed by atoms with E-state index in [0.29, 0.717) is 19.3 Å². The molecular weight excluding hydrogens is 997 g/mol. The smallest absolute Gasteiger partial charge is 0.306 e. The summed E-state index contributed by atoms with van der Waals surface area (Å²) >= 11 is 0. The monoisotopic (exact) mass is 1140 g/mol. The summed E-state index contributed by atoms with van der Waals surface area (Å²) in [7, 11) is 0. The largest absolute Gasteiger partial charge is 0.462 e. The molecule has 0 saturated heterocycles. The molecule has 0 aromatic carbocycles. The van der Waals surface area contributed by atoms with E-state index in [-0.39, 0.29) is 31.1 Å². The zero-order valence-corrected chi connectivity index (χ0v) is 54.6. The molecule has 474 valence electrons. The summed E-state index contributed by atoms with van der Waals surface area (Å²) in [6, 6.07) is 0. The van der Waals surface area contributed by atoms with Gasteiger partial charge >= 0.3 is 17.9 Å². The summed E-state index contributed by atoms with van der Waals surface area (Å²) in [4.78, 5) is 38.5. The van der Waals surface area contributed by atoms with E-state index in [1.165, 1.54) is 276 Å². The first-order chi connectivity index (χ1) is 40.0. The number of carbonyl (C=O) groups excluding carboxylic acids is 3. The van der Waals surface area contributed by atoms with E-state index in [2.05, 4.69) is 69.4 Å². The van der Waals surface area contributed by atoms with Gasteiger partial charge in [-0.2, -0.15) is 0 Å². The Bertz CT molecular complexity index is 1400. The molecule has 0 amide bonds. The zero-order chi connectivity index (χ0) is 58.5. The van der Waals surface area contributed by atoms with Crippen molar-refractivity contribution in [3.05, 3.63) is 48.6 Å². The lowest BCUT2D eigenvalue weighted by Crippen LogP contribution is -2.30. The SMILES string of the molecule is CCCCCC/C=C\C/C=C\CCCCCCCCCC(=O)OC(COC(=O)CCCCCCCCCCCCCCCCCC)COC(=O)CCCCCCCCCCCCCCCCCCC/C=C\C/C=C\CCCCCCC. The average Bonchev–Trinajstić information content (AvgIpc) is 3.47. The Morgan fingerprint density at radius 1 is 0.247 bits per heavy atom. The molecule has 0 rings (SSSR count). The highest BCUT2D eigenvalue weighted by Crippen LogP contribution is 2.18. The quantitative estimate of drug-likeness (QED) is 0.0261. The second kappa shape index (κ2) is 69.9. The highest BCUT2D eigenvalue weighted by atomic mass is 16.6. The number of carbonyl (C=O) groups is 3. The topological polar surface area (TPSA) is 78.9 Å². The van der Waals surface area contributed by atoms with Crippen molar-refractivity contribution in [1.82, 2.24) is 0 Å². The van der Waals surface area contributed by atoms with Crippen molar-refractivity contribution < 1.29 is 28.6 Å². The summed E-state index contributed by atoms with van der Waals surface area (Å²) < 4.78 is 17.0. The van der Waals surface area contributed by atoms with Crippen molar-refractivity contribution in [2.75, 3.05) is 13.2 Å². The molecule has 0 bridgehead atoms. The van der Waals surface area contributed by atoms with Gasteiger partial charge in [0.05, 0.1) is 0 Å². The summed E-state index contributed by atoms with van der Waals surface area (Å²) in [6.07, 6.45) is 88.5. The first-order valence-electron chi connectivity index (χ1n) is 36.1. The van der Waals surface area contributed by atoms with Gasteiger partial charge in [-0.15, -0.1) is 0 Å². The van der Waals surface area contributed by atoms with Crippen molar-refractivity contribution in [1.29, 1.82) is 0 Å². The zero-order valence-electron chi connectivity index (χ0n) is 54.6. The fourth-order valence-electron chi connectivity index (χ4n) is 10.9. The highest BCUT2D eigenvalue weighted by molar-refractivity contribution is 5.71. The number of esters is 3. The Labute approximate surface area is 505 Å². The molecule has 0 fully saturated rings. The molecule has 0 saturated carbocycles. The molecule has 1 unspecified atom stereocenters. The van der Waals surface area contributed by atoms with E-state index in [1.807, 2.05) is 0 Å². The van der Waals surface area contributed by atoms with Gasteiger partial charge in [-0.3, -0.25) is 14.4 Å². The lowest BCUT2D eigenvalue weighted by atomic mass is 10.0. The molecule has 0 spiro atoms. The van der Waals surface area contributed by atoms with Gasteiger partial charge in [0.15, 0.2) is 6.10 Å². The number of allylic oxidation sites excluding steroid dienone is 8. The number of hydrogen-bond acceptors (Lipinski definition) is 6. The summed E-state index contributed by atoms with van der Waals surface area (Å²) in [5.41, 5.74) is 0. The summed E-state index contributed by atoms with van der Waals surface area (Å²) in [5.74, 6) is -0.850. The van der Waals surface area contributed by atoms with Crippen molar-refractivity contribution in [3.63, 3.8) is 0 Å². The molecule has 81 heavy (non-hydrogen) atoms. The van der Waals surface area contributed by atoms with Gasteiger partial charge in [0, 0.05) is 19.3 Å². The van der Waals surface area contributed by atoms with Crippen LogP contribution in [0, 0.1) is 0 Å². The van der Waals surface area contributed by atoms with Crippen LogP contribution in [0.5, 0.6) is 0 Å². The van der Waals surface area contributed by atoms with Gasteiger partial charge in [0.2, 0.25) is 0 Å². The van der Waals surface area contributed by atoms with E-state index < -0.39 is 6.10 Å². The Morgan fingerprint density at radius 2 is 0.444 bits per heavy atom. The number of rotatable bonds is 67. The van der Waals surface area contributed by atoms with Crippen molar-refractivity contribution in [2.45, 2.75) is 399 Å². The van der Waals surface area contributed by atoms with Crippen LogP contribution < -0.4 is 0 Å². The van der Waals surface area contributed by atoms with Gasteiger partial charge in [-0.1, -0.05) is 339 Å². The maximum absolute atomic E-state index is 12.9. The van der Waals surface area contributed by atoms with Gasteiger partial charge in [0.25, 0.3) is 0 Å². The normalized spacial score (nSPS) is 12.3. The molecule has 0 heterocycles. The lowest BCUT2D eigenvalue weighted by molar-refractivity contribution is -0.167. The molecule has 0 aliphatic heterocycles. The van der Waals surface area contributed by atoms with Crippen LogP contribution in [0.1, 0.15) is 393 Å². The highest BCUT2D eigenvalue weighted by Gasteiger charge is 2.19. The third-order valence-corrected chi connectivity index (χ3v) is 16.3. The standard InChI is InChI=1S/C75H138O6/c1-4-7-10-13-16-19-22-25-28-31-33-34-35-36-37-38-39-40-41-42-43-45-47-50-53-56-59-62-65-68-74(77)80-71-72(70-79-73(76)67-64-61-58-55-52-49-46-30-27-24-21-18-15-12-9-6-3)81-75(78)69-66-63-60-57-54-51-48-44-32-29-26-23-20-17-14-11-8-5-2/h20,22-23,25,29,31-33,72H,4-19,21,24,26-28,30,34-71H2,1-3H3/b23-20-,25-22-,32-29-,33-31-. The van der Waals surface area contributed by atoms with Crippen LogP contribution in [0.4, 0.5) is 0 Å². The van der Waals surface area contributed by atoms with Crippen LogP contribution in [0.25, 0.3) is 0 Å². The molecule has 0 aliphatic rings. The number of unbranched alkanes of at least 4 members (excludes halogenated alkanes) is 48. The van der Waals surface area contributed by atoms with Crippen molar-refractivity contribution >= 4 is 17.9 Å². The van der Waals surface area contributed by atoms with E-state index in [9.17, 15) is 14.4 Å². The van der Waals surface area contributed by atoms with Crippen LogP contribution in [0.3, 0.4) is 0 Å². The molecule has 6 nitrogen and oxygen atoms in total. The predicted octanol–water partition coefficient (Wildman–Crippen LogP) is 24.9. The fraction of sp³-hybridized carbons (Fsp3) is 0.853. The minimum Gasteiger partial charge on any atom is -0.462 e. The molecule has 0 aromatic heterocycles. The minimum absolute atomic E-state index is 0.0709. The molecular formula is C75H138O6. The third kappa shape index (κ3) is 68.0.